The van der Waals surface area contributed by atoms with Crippen molar-refractivity contribution in [1.82, 2.24) is 0 Å². The summed E-state index contributed by atoms with van der Waals surface area (Å²) in [7, 11) is 1.91. The smallest absolute Gasteiger partial charge is 0.154 e. The van der Waals surface area contributed by atoms with Gasteiger partial charge in [-0.05, 0) is 25.1 Å². The second-order valence-corrected chi connectivity index (χ2v) is 2.87. The van der Waals surface area contributed by atoms with Crippen LogP contribution < -0.4 is 4.90 Å². The Morgan fingerprint density at radius 2 is 1.92 bits per heavy atom. The van der Waals surface area contributed by atoms with E-state index in [0.29, 0.717) is 0 Å². The Labute approximate surface area is 78.5 Å². The Morgan fingerprint density at radius 3 is 2.46 bits per heavy atom. The molecular weight excluding hydrogens is 162 g/mol. The van der Waals surface area contributed by atoms with E-state index in [-0.39, 0.29) is 5.78 Å². The molecule has 0 unspecified atom stereocenters. The molecule has 0 bridgehead atoms. The number of carbonyl (C=O) groups is 1. The molecule has 2 heteroatoms. The van der Waals surface area contributed by atoms with E-state index < -0.39 is 0 Å². The fraction of sp³-hybridized carbons (Fsp3) is 0.182. The number of benzene rings is 1. The number of para-hydroxylation sites is 1. The molecule has 0 aromatic heterocycles. The van der Waals surface area contributed by atoms with Gasteiger partial charge in [-0.3, -0.25) is 4.79 Å². The van der Waals surface area contributed by atoms with Gasteiger partial charge in [0.1, 0.15) is 0 Å². The summed E-state index contributed by atoms with van der Waals surface area (Å²) in [5.74, 6) is 0.0581. The average Bonchev–Trinajstić information content (AvgIpc) is 2.15. The van der Waals surface area contributed by atoms with Crippen LogP contribution in [-0.2, 0) is 4.79 Å². The van der Waals surface area contributed by atoms with Crippen LogP contribution in [0.1, 0.15) is 6.92 Å². The molecule has 0 radical (unpaired) electrons. The number of hydrogen-bond acceptors (Lipinski definition) is 2. The minimum atomic E-state index is 0.0581. The van der Waals surface area contributed by atoms with E-state index in [0.717, 1.165) is 5.69 Å². The zero-order valence-corrected chi connectivity index (χ0v) is 7.90. The lowest BCUT2D eigenvalue weighted by molar-refractivity contribution is -0.112. The minimum absolute atomic E-state index is 0.0581. The van der Waals surface area contributed by atoms with Crippen molar-refractivity contribution in [1.29, 1.82) is 0 Å². The van der Waals surface area contributed by atoms with Gasteiger partial charge in [0.2, 0.25) is 0 Å². The van der Waals surface area contributed by atoms with Crippen molar-refractivity contribution in [2.75, 3.05) is 11.9 Å². The molecular formula is C11H13NO. The van der Waals surface area contributed by atoms with Crippen LogP contribution in [0, 0.1) is 0 Å². The number of nitrogens with zero attached hydrogens (tertiary/aromatic N) is 1. The molecule has 0 N–H and O–H groups in total. The van der Waals surface area contributed by atoms with Crippen molar-refractivity contribution in [3.05, 3.63) is 42.6 Å². The first-order valence-corrected chi connectivity index (χ1v) is 4.17. The van der Waals surface area contributed by atoms with Crippen molar-refractivity contribution < 1.29 is 4.79 Å². The van der Waals surface area contributed by atoms with Crippen molar-refractivity contribution in [3.8, 4) is 0 Å². The van der Waals surface area contributed by atoms with Crippen LogP contribution in [0.15, 0.2) is 42.6 Å². The van der Waals surface area contributed by atoms with E-state index in [4.69, 9.17) is 0 Å². The number of anilines is 1. The van der Waals surface area contributed by atoms with Crippen molar-refractivity contribution in [2.45, 2.75) is 6.92 Å². The maximum absolute atomic E-state index is 10.7. The van der Waals surface area contributed by atoms with Crippen molar-refractivity contribution in [2.24, 2.45) is 0 Å². The molecule has 2 nitrogen and oxygen atoms in total. The highest BCUT2D eigenvalue weighted by Gasteiger charge is 1.93. The van der Waals surface area contributed by atoms with Crippen LogP contribution in [0.3, 0.4) is 0 Å². The molecule has 0 atom stereocenters. The molecule has 0 saturated heterocycles. The predicted octanol–water partition coefficient (Wildman–Crippen LogP) is 2.23. The van der Waals surface area contributed by atoms with Crippen molar-refractivity contribution >= 4 is 11.5 Å². The van der Waals surface area contributed by atoms with E-state index >= 15 is 0 Å². The van der Waals surface area contributed by atoms with E-state index in [1.807, 2.05) is 42.3 Å². The van der Waals surface area contributed by atoms with Gasteiger partial charge in [-0.2, -0.15) is 0 Å². The third-order valence-electron chi connectivity index (χ3n) is 1.70. The molecule has 0 amide bonds. The number of ketones is 1. The van der Waals surface area contributed by atoms with Gasteiger partial charge in [0.05, 0.1) is 0 Å². The Bertz CT molecular complexity index is 303. The van der Waals surface area contributed by atoms with Crippen LogP contribution in [0.2, 0.25) is 0 Å². The molecule has 1 rings (SSSR count). The first kappa shape index (κ1) is 9.52. The highest BCUT2D eigenvalue weighted by Crippen LogP contribution is 2.10. The number of allylic oxidation sites excluding steroid dienone is 1. The Hall–Kier alpha value is -1.57. The lowest BCUT2D eigenvalue weighted by Gasteiger charge is -2.12. The van der Waals surface area contributed by atoms with Gasteiger partial charge in [0.15, 0.2) is 5.78 Å². The molecule has 0 fully saturated rings. The Balaban J connectivity index is 2.69. The van der Waals surface area contributed by atoms with E-state index in [9.17, 15) is 4.79 Å². The molecule has 1 aromatic rings. The summed E-state index contributed by atoms with van der Waals surface area (Å²) in [6.07, 6.45) is 3.31. The third-order valence-corrected chi connectivity index (χ3v) is 1.70. The zero-order chi connectivity index (χ0) is 9.68. The van der Waals surface area contributed by atoms with Crippen LogP contribution in [0.5, 0.6) is 0 Å². The minimum Gasteiger partial charge on any atom is -0.351 e. The van der Waals surface area contributed by atoms with Crippen LogP contribution in [0.25, 0.3) is 0 Å². The van der Waals surface area contributed by atoms with Gasteiger partial charge < -0.3 is 4.90 Å². The quantitative estimate of drug-likeness (QED) is 0.656. The van der Waals surface area contributed by atoms with Gasteiger partial charge in [-0.15, -0.1) is 0 Å². The molecule has 0 aliphatic heterocycles. The lowest BCUT2D eigenvalue weighted by Crippen LogP contribution is -2.07. The molecule has 0 spiro atoms. The summed E-state index contributed by atoms with van der Waals surface area (Å²) in [6.45, 7) is 1.54. The van der Waals surface area contributed by atoms with Gasteiger partial charge in [-0.25, -0.2) is 0 Å². The van der Waals surface area contributed by atoms with E-state index in [1.54, 1.807) is 12.3 Å². The first-order chi connectivity index (χ1) is 6.20. The summed E-state index contributed by atoms with van der Waals surface area (Å²) in [4.78, 5) is 12.6. The molecule has 0 heterocycles. The second kappa shape index (κ2) is 4.45. The molecule has 0 aliphatic carbocycles. The molecule has 68 valence electrons. The van der Waals surface area contributed by atoms with E-state index in [2.05, 4.69) is 0 Å². The number of hydrogen-bond donors (Lipinski definition) is 0. The van der Waals surface area contributed by atoms with Gasteiger partial charge in [-0.1, -0.05) is 18.2 Å². The van der Waals surface area contributed by atoms with Gasteiger partial charge in [0.25, 0.3) is 0 Å². The fourth-order valence-corrected chi connectivity index (χ4v) is 0.966. The maximum Gasteiger partial charge on any atom is 0.154 e. The van der Waals surface area contributed by atoms with Crippen LogP contribution in [0.4, 0.5) is 5.69 Å². The standard InChI is InChI=1S/C11H13NO/c1-10(13)8-9-12(2)11-6-4-3-5-7-11/h3-9H,1-2H3. The Kier molecular flexibility index (Phi) is 3.26. The number of rotatable bonds is 3. The SMILES string of the molecule is CC(=O)C=CN(C)c1ccccc1. The summed E-state index contributed by atoms with van der Waals surface area (Å²) in [5, 5.41) is 0. The monoisotopic (exact) mass is 175 g/mol. The number of carbonyl (C=O) groups excluding carboxylic acids is 1. The average molecular weight is 175 g/mol. The highest BCUT2D eigenvalue weighted by molar-refractivity contribution is 5.87. The molecule has 13 heavy (non-hydrogen) atoms. The summed E-state index contributed by atoms with van der Waals surface area (Å²) < 4.78 is 0. The van der Waals surface area contributed by atoms with Crippen LogP contribution >= 0.6 is 0 Å². The summed E-state index contributed by atoms with van der Waals surface area (Å²) in [6, 6.07) is 9.88. The van der Waals surface area contributed by atoms with Crippen LogP contribution in [-0.4, -0.2) is 12.8 Å². The first-order valence-electron chi connectivity index (χ1n) is 4.17. The van der Waals surface area contributed by atoms with Gasteiger partial charge >= 0.3 is 0 Å². The predicted molar refractivity (Wildman–Crippen MR) is 54.7 cm³/mol. The molecule has 1 aromatic carbocycles. The highest BCUT2D eigenvalue weighted by atomic mass is 16.1. The molecule has 0 aliphatic rings. The largest absolute Gasteiger partial charge is 0.351 e. The Morgan fingerprint density at radius 1 is 1.31 bits per heavy atom. The lowest BCUT2D eigenvalue weighted by atomic mass is 10.3. The summed E-state index contributed by atoms with van der Waals surface area (Å²) >= 11 is 0. The zero-order valence-electron chi connectivity index (χ0n) is 7.90. The van der Waals surface area contributed by atoms with E-state index in [1.165, 1.54) is 6.92 Å². The summed E-state index contributed by atoms with van der Waals surface area (Å²) in [5.41, 5.74) is 1.07. The third kappa shape index (κ3) is 3.11. The van der Waals surface area contributed by atoms with Gasteiger partial charge in [0, 0.05) is 18.9 Å². The normalized spacial score (nSPS) is 10.3. The topological polar surface area (TPSA) is 20.3 Å². The fourth-order valence-electron chi connectivity index (χ4n) is 0.966. The second-order valence-electron chi connectivity index (χ2n) is 2.87. The van der Waals surface area contributed by atoms with Crippen molar-refractivity contribution in [3.63, 3.8) is 0 Å². The molecule has 0 saturated carbocycles. The maximum atomic E-state index is 10.7.